The third-order valence-corrected chi connectivity index (χ3v) is 5.59. The Morgan fingerprint density at radius 1 is 1.00 bits per heavy atom. The van der Waals surface area contributed by atoms with E-state index in [9.17, 15) is 14.7 Å². The van der Waals surface area contributed by atoms with Gasteiger partial charge in [0.05, 0.1) is 36.2 Å². The molecule has 0 saturated heterocycles. The summed E-state index contributed by atoms with van der Waals surface area (Å²) < 4.78 is 12.6. The minimum atomic E-state index is -0.849. The van der Waals surface area contributed by atoms with Crippen LogP contribution >= 0.6 is 0 Å². The Kier molecular flexibility index (Phi) is 8.31. The lowest BCUT2D eigenvalue weighted by molar-refractivity contribution is -0.120. The van der Waals surface area contributed by atoms with E-state index >= 15 is 0 Å². The number of nitrogens with one attached hydrogen (secondary N) is 1. The lowest BCUT2D eigenvalue weighted by Gasteiger charge is -2.16. The predicted molar refractivity (Wildman–Crippen MR) is 136 cm³/mol. The summed E-state index contributed by atoms with van der Waals surface area (Å²) in [4.78, 5) is 29.1. The number of amides is 1. The Balaban J connectivity index is 1.39. The summed E-state index contributed by atoms with van der Waals surface area (Å²) in [5.41, 5.74) is 3.04. The summed E-state index contributed by atoms with van der Waals surface area (Å²) in [7, 11) is 0. The Bertz CT molecular complexity index is 1300. The second-order valence-corrected chi connectivity index (χ2v) is 8.28. The van der Waals surface area contributed by atoms with E-state index in [0.717, 1.165) is 16.6 Å². The van der Waals surface area contributed by atoms with Gasteiger partial charge in [0.15, 0.2) is 0 Å². The van der Waals surface area contributed by atoms with Crippen LogP contribution in [0.1, 0.15) is 28.7 Å². The van der Waals surface area contributed by atoms with Gasteiger partial charge in [-0.2, -0.15) is 0 Å². The number of aromatic nitrogens is 2. The number of fused-ring (bicyclic) bond motifs is 1. The molecule has 186 valence electrons. The van der Waals surface area contributed by atoms with Crippen LogP contribution in [0.15, 0.2) is 78.9 Å². The van der Waals surface area contributed by atoms with Crippen molar-refractivity contribution in [1.82, 2.24) is 14.9 Å². The summed E-state index contributed by atoms with van der Waals surface area (Å²) in [6, 6.07) is 23.8. The minimum Gasteiger partial charge on any atom is -0.491 e. The number of para-hydroxylation sites is 2. The molecule has 0 saturated carbocycles. The summed E-state index contributed by atoms with van der Waals surface area (Å²) >= 11 is 0. The van der Waals surface area contributed by atoms with Gasteiger partial charge in [0, 0.05) is 6.54 Å². The van der Waals surface area contributed by atoms with Crippen LogP contribution in [0.4, 0.5) is 0 Å². The number of hydrogen-bond acceptors (Lipinski definition) is 6. The first kappa shape index (κ1) is 24.9. The van der Waals surface area contributed by atoms with Crippen molar-refractivity contribution in [2.24, 2.45) is 0 Å². The van der Waals surface area contributed by atoms with Crippen molar-refractivity contribution in [2.45, 2.75) is 32.5 Å². The van der Waals surface area contributed by atoms with Crippen LogP contribution in [0.5, 0.6) is 5.75 Å². The Morgan fingerprint density at radius 3 is 2.47 bits per heavy atom. The number of hydrogen-bond donors (Lipinski definition) is 2. The van der Waals surface area contributed by atoms with Gasteiger partial charge < -0.3 is 24.5 Å². The first-order valence-corrected chi connectivity index (χ1v) is 11.9. The molecule has 1 aromatic heterocycles. The molecule has 0 bridgehead atoms. The fraction of sp³-hybridized carbons (Fsp3) is 0.250. The highest BCUT2D eigenvalue weighted by Crippen LogP contribution is 2.18. The molecular formula is C28H29N3O5. The third kappa shape index (κ3) is 6.49. The zero-order valence-corrected chi connectivity index (χ0v) is 20.1. The fourth-order valence-electron chi connectivity index (χ4n) is 3.82. The van der Waals surface area contributed by atoms with E-state index in [1.807, 2.05) is 59.2 Å². The lowest BCUT2D eigenvalue weighted by atomic mass is 10.2. The number of nitrogens with zero attached hydrogens (tertiary/aromatic N) is 2. The highest BCUT2D eigenvalue weighted by atomic mass is 16.5. The Hall–Kier alpha value is -4.17. The van der Waals surface area contributed by atoms with Gasteiger partial charge in [-0.1, -0.05) is 42.5 Å². The van der Waals surface area contributed by atoms with Gasteiger partial charge in [0.1, 0.15) is 24.3 Å². The van der Waals surface area contributed by atoms with Gasteiger partial charge in [-0.15, -0.1) is 0 Å². The molecule has 1 atom stereocenters. The predicted octanol–water partition coefficient (Wildman–Crippen LogP) is 3.51. The zero-order chi connectivity index (χ0) is 25.3. The normalized spacial score (nSPS) is 11.7. The number of imidazole rings is 1. The Morgan fingerprint density at radius 2 is 1.72 bits per heavy atom. The summed E-state index contributed by atoms with van der Waals surface area (Å²) in [5.74, 6) is 0.553. The number of benzene rings is 3. The van der Waals surface area contributed by atoms with Crippen molar-refractivity contribution < 1.29 is 24.2 Å². The molecule has 0 radical (unpaired) electrons. The van der Waals surface area contributed by atoms with Gasteiger partial charge in [-0.25, -0.2) is 9.78 Å². The molecule has 3 aromatic carbocycles. The van der Waals surface area contributed by atoms with Crippen molar-refractivity contribution >= 4 is 22.9 Å². The third-order valence-electron chi connectivity index (χ3n) is 5.59. The number of carbonyl (C=O) groups excluding carboxylic acids is 2. The molecule has 0 spiro atoms. The van der Waals surface area contributed by atoms with E-state index in [0.29, 0.717) is 30.3 Å². The maximum absolute atomic E-state index is 12.6. The van der Waals surface area contributed by atoms with Crippen LogP contribution in [-0.4, -0.2) is 45.9 Å². The maximum atomic E-state index is 12.6. The first-order valence-electron chi connectivity index (χ1n) is 11.9. The molecule has 0 aliphatic rings. The fourth-order valence-corrected chi connectivity index (χ4v) is 3.82. The van der Waals surface area contributed by atoms with E-state index in [4.69, 9.17) is 9.47 Å². The number of aliphatic hydroxyl groups excluding tert-OH is 1. The van der Waals surface area contributed by atoms with E-state index in [-0.39, 0.29) is 25.5 Å². The van der Waals surface area contributed by atoms with Crippen molar-refractivity contribution in [3.05, 3.63) is 95.8 Å². The number of ether oxygens (including phenoxy) is 2. The molecule has 8 heteroatoms. The second-order valence-electron chi connectivity index (χ2n) is 8.28. The number of aliphatic hydroxyl groups is 1. The van der Waals surface area contributed by atoms with Crippen LogP contribution in [0.3, 0.4) is 0 Å². The number of esters is 1. The summed E-state index contributed by atoms with van der Waals surface area (Å²) in [6.07, 6.45) is -0.761. The van der Waals surface area contributed by atoms with Crippen LogP contribution in [-0.2, 0) is 29.0 Å². The lowest BCUT2D eigenvalue weighted by Crippen LogP contribution is -2.28. The van der Waals surface area contributed by atoms with Gasteiger partial charge in [0.25, 0.3) is 0 Å². The molecule has 0 aliphatic heterocycles. The van der Waals surface area contributed by atoms with E-state index in [1.165, 1.54) is 0 Å². The molecule has 4 rings (SSSR count). The maximum Gasteiger partial charge on any atom is 0.338 e. The van der Waals surface area contributed by atoms with Gasteiger partial charge >= 0.3 is 5.97 Å². The molecule has 1 heterocycles. The molecule has 0 aliphatic carbocycles. The summed E-state index contributed by atoms with van der Waals surface area (Å²) in [5, 5.41) is 13.6. The Labute approximate surface area is 209 Å². The van der Waals surface area contributed by atoms with Crippen LogP contribution in [0.25, 0.3) is 11.0 Å². The number of rotatable bonds is 11. The van der Waals surface area contributed by atoms with Gasteiger partial charge in [-0.3, -0.25) is 4.79 Å². The van der Waals surface area contributed by atoms with Gasteiger partial charge in [0.2, 0.25) is 5.91 Å². The average Bonchev–Trinajstić information content (AvgIpc) is 3.23. The van der Waals surface area contributed by atoms with E-state index in [2.05, 4.69) is 10.3 Å². The molecule has 0 fully saturated rings. The van der Waals surface area contributed by atoms with Crippen molar-refractivity contribution in [1.29, 1.82) is 0 Å². The summed E-state index contributed by atoms with van der Waals surface area (Å²) in [6.45, 7) is 2.74. The quantitative estimate of drug-likeness (QED) is 0.314. The van der Waals surface area contributed by atoms with Crippen molar-refractivity contribution in [3.8, 4) is 5.75 Å². The number of carbonyl (C=O) groups is 2. The van der Waals surface area contributed by atoms with Crippen molar-refractivity contribution in [2.75, 3.05) is 13.2 Å². The first-order chi connectivity index (χ1) is 17.5. The highest BCUT2D eigenvalue weighted by Gasteiger charge is 2.17. The zero-order valence-electron chi connectivity index (χ0n) is 20.1. The molecular weight excluding hydrogens is 458 g/mol. The molecule has 2 N–H and O–H groups in total. The molecule has 1 amide bonds. The largest absolute Gasteiger partial charge is 0.491 e. The van der Waals surface area contributed by atoms with E-state index < -0.39 is 12.1 Å². The minimum absolute atomic E-state index is 0.0326. The SMILES string of the molecule is CCOC(=O)c1ccc(OC[C@@H](O)Cn2c(CC(=O)NCc3ccccc3)nc3ccccc32)cc1. The molecule has 0 unspecified atom stereocenters. The van der Waals surface area contributed by atoms with Crippen molar-refractivity contribution in [3.63, 3.8) is 0 Å². The topological polar surface area (TPSA) is 103 Å². The monoisotopic (exact) mass is 487 g/mol. The smallest absolute Gasteiger partial charge is 0.338 e. The highest BCUT2D eigenvalue weighted by molar-refractivity contribution is 5.89. The molecule has 4 aromatic rings. The standard InChI is InChI=1S/C28H29N3O5/c1-2-35-28(34)21-12-14-23(15-13-21)36-19-22(32)18-31-25-11-7-6-10-24(25)30-26(31)16-27(33)29-17-20-8-4-3-5-9-20/h3-15,22,32H,2,16-19H2,1H3,(H,29,33)/t22-/m0/s1. The van der Waals surface area contributed by atoms with Crippen LogP contribution in [0.2, 0.25) is 0 Å². The second kappa shape index (κ2) is 12.0. The average molecular weight is 488 g/mol. The van der Waals surface area contributed by atoms with Gasteiger partial charge in [-0.05, 0) is 48.9 Å². The molecule has 36 heavy (non-hydrogen) atoms. The van der Waals surface area contributed by atoms with E-state index in [1.54, 1.807) is 31.2 Å². The van der Waals surface area contributed by atoms with Crippen LogP contribution in [0, 0.1) is 0 Å². The van der Waals surface area contributed by atoms with Crippen LogP contribution < -0.4 is 10.1 Å². The molecule has 8 nitrogen and oxygen atoms in total.